The summed E-state index contributed by atoms with van der Waals surface area (Å²) in [6.07, 6.45) is 17.6. The van der Waals surface area contributed by atoms with Crippen LogP contribution in [0.3, 0.4) is 0 Å². The van der Waals surface area contributed by atoms with Gasteiger partial charge in [-0.25, -0.2) is 0 Å². The summed E-state index contributed by atoms with van der Waals surface area (Å²) in [5.74, 6) is 1.13. The number of nitrogens with zero attached hydrogens (tertiary/aromatic N) is 2. The molecule has 194 valence electrons. The second kappa shape index (κ2) is 13.2. The van der Waals surface area contributed by atoms with E-state index in [2.05, 4.69) is 4.90 Å². The maximum Gasteiger partial charge on any atom is 0.261 e. The minimum absolute atomic E-state index is 0.0106. The van der Waals surface area contributed by atoms with Crippen molar-refractivity contribution in [1.82, 2.24) is 9.80 Å². The summed E-state index contributed by atoms with van der Waals surface area (Å²) in [7, 11) is 1.88. The summed E-state index contributed by atoms with van der Waals surface area (Å²) in [5, 5.41) is 0. The van der Waals surface area contributed by atoms with Crippen molar-refractivity contribution in [2.75, 3.05) is 20.3 Å². The molecule has 4 rings (SSSR count). The van der Waals surface area contributed by atoms with Crippen molar-refractivity contribution in [3.63, 3.8) is 0 Å². The Bertz CT molecular complexity index is 793. The predicted octanol–water partition coefficient (Wildman–Crippen LogP) is 5.73. The lowest BCUT2D eigenvalue weighted by atomic mass is 9.88. The predicted molar refractivity (Wildman–Crippen MR) is 138 cm³/mol. The van der Waals surface area contributed by atoms with E-state index < -0.39 is 0 Å². The second-order valence-corrected chi connectivity index (χ2v) is 10.7. The fourth-order valence-electron chi connectivity index (χ4n) is 6.24. The molecule has 6 nitrogen and oxygen atoms in total. The number of hydrogen-bond acceptors (Lipinski definition) is 4. The Morgan fingerprint density at radius 3 is 1.51 bits per heavy atom. The van der Waals surface area contributed by atoms with E-state index in [0.29, 0.717) is 29.6 Å². The van der Waals surface area contributed by atoms with E-state index in [-0.39, 0.29) is 25.0 Å². The molecule has 3 saturated carbocycles. The molecule has 6 heteroatoms. The maximum absolute atomic E-state index is 13.5. The van der Waals surface area contributed by atoms with Crippen LogP contribution in [0.15, 0.2) is 24.3 Å². The highest BCUT2D eigenvalue weighted by atomic mass is 16.5. The van der Waals surface area contributed by atoms with Crippen LogP contribution in [0.2, 0.25) is 0 Å². The van der Waals surface area contributed by atoms with Gasteiger partial charge in [-0.2, -0.15) is 0 Å². The fourth-order valence-corrected chi connectivity index (χ4v) is 6.24. The normalized spacial score (nSPS) is 20.3. The highest BCUT2D eigenvalue weighted by Gasteiger charge is 2.32. The number of ether oxygens (including phenoxy) is 2. The Kier molecular flexibility index (Phi) is 9.73. The Hall–Kier alpha value is -2.24. The third kappa shape index (κ3) is 7.14. The molecule has 1 aromatic carbocycles. The van der Waals surface area contributed by atoms with Crippen LogP contribution in [-0.2, 0) is 9.59 Å². The molecule has 2 amide bonds. The molecule has 3 fully saturated rings. The van der Waals surface area contributed by atoms with Gasteiger partial charge < -0.3 is 19.3 Å². The van der Waals surface area contributed by atoms with Crippen molar-refractivity contribution in [3.05, 3.63) is 24.3 Å². The van der Waals surface area contributed by atoms with Gasteiger partial charge in [0.1, 0.15) is 0 Å². The van der Waals surface area contributed by atoms with Gasteiger partial charge in [0.25, 0.3) is 11.8 Å². The first-order valence-corrected chi connectivity index (χ1v) is 14.0. The van der Waals surface area contributed by atoms with Crippen LogP contribution in [0.5, 0.6) is 11.5 Å². The number of amides is 2. The maximum atomic E-state index is 13.5. The smallest absolute Gasteiger partial charge is 0.261 e. The summed E-state index contributed by atoms with van der Waals surface area (Å²) in [5.41, 5.74) is 0. The van der Waals surface area contributed by atoms with Crippen molar-refractivity contribution < 1.29 is 19.1 Å². The van der Waals surface area contributed by atoms with Gasteiger partial charge >= 0.3 is 0 Å². The number of benzene rings is 1. The van der Waals surface area contributed by atoms with E-state index >= 15 is 0 Å². The third-order valence-electron chi connectivity index (χ3n) is 8.29. The lowest BCUT2D eigenvalue weighted by molar-refractivity contribution is -0.140. The standard InChI is InChI=1S/C29H44N2O4/c1-30(23-13-5-2-6-14-23)28(32)21-34-26-19-11-12-20-27(26)35-22-29(33)31(24-15-7-3-8-16-24)25-17-9-4-10-18-25/h11-12,19-20,23-25H,2-10,13-18,21-22H2,1H3. The Labute approximate surface area is 211 Å². The molecule has 0 spiro atoms. The number of carbonyl (C=O) groups excluding carboxylic acids is 2. The lowest BCUT2D eigenvalue weighted by Gasteiger charge is -2.41. The molecule has 3 aliphatic carbocycles. The zero-order chi connectivity index (χ0) is 24.5. The summed E-state index contributed by atoms with van der Waals surface area (Å²) in [4.78, 5) is 30.2. The highest BCUT2D eigenvalue weighted by molar-refractivity contribution is 5.79. The van der Waals surface area contributed by atoms with E-state index in [1.807, 2.05) is 36.2 Å². The average Bonchev–Trinajstić information content (AvgIpc) is 2.92. The summed E-state index contributed by atoms with van der Waals surface area (Å²) in [6, 6.07) is 8.40. The first-order chi connectivity index (χ1) is 17.1. The van der Waals surface area contributed by atoms with Crippen LogP contribution >= 0.6 is 0 Å². The van der Waals surface area contributed by atoms with Crippen LogP contribution in [0, 0.1) is 0 Å². The van der Waals surface area contributed by atoms with Crippen molar-refractivity contribution in [2.24, 2.45) is 0 Å². The van der Waals surface area contributed by atoms with Gasteiger partial charge in [-0.05, 0) is 50.7 Å². The van der Waals surface area contributed by atoms with Gasteiger partial charge in [0.05, 0.1) is 0 Å². The van der Waals surface area contributed by atoms with Crippen LogP contribution in [0.25, 0.3) is 0 Å². The molecule has 0 bridgehead atoms. The third-order valence-corrected chi connectivity index (χ3v) is 8.29. The van der Waals surface area contributed by atoms with Crippen molar-refractivity contribution in [2.45, 2.75) is 114 Å². The quantitative estimate of drug-likeness (QED) is 0.449. The number of hydrogen-bond donors (Lipinski definition) is 0. The first kappa shape index (κ1) is 25.8. The summed E-state index contributed by atoms with van der Waals surface area (Å²) >= 11 is 0. The van der Waals surface area contributed by atoms with Crippen LogP contribution in [-0.4, -0.2) is 60.0 Å². The molecule has 0 heterocycles. The molecule has 0 saturated heterocycles. The Morgan fingerprint density at radius 1 is 0.657 bits per heavy atom. The Balaban J connectivity index is 1.34. The SMILES string of the molecule is CN(C(=O)COc1ccccc1OCC(=O)N(C1CCCCC1)C1CCCCC1)C1CCCCC1. The van der Waals surface area contributed by atoms with E-state index in [9.17, 15) is 9.59 Å². The molecule has 3 aliphatic rings. The van der Waals surface area contributed by atoms with Gasteiger partial charge in [-0.3, -0.25) is 9.59 Å². The minimum Gasteiger partial charge on any atom is -0.480 e. The largest absolute Gasteiger partial charge is 0.480 e. The fraction of sp³-hybridized carbons (Fsp3) is 0.724. The molecular formula is C29H44N2O4. The Morgan fingerprint density at radius 2 is 1.06 bits per heavy atom. The van der Waals surface area contributed by atoms with Gasteiger partial charge in [-0.1, -0.05) is 69.9 Å². The minimum atomic E-state index is -0.0163. The number of para-hydroxylation sites is 2. The monoisotopic (exact) mass is 484 g/mol. The van der Waals surface area contributed by atoms with Gasteiger partial charge in [0, 0.05) is 25.2 Å². The van der Waals surface area contributed by atoms with Gasteiger partial charge in [0.2, 0.25) is 0 Å². The van der Waals surface area contributed by atoms with E-state index in [1.165, 1.54) is 57.8 Å². The van der Waals surface area contributed by atoms with E-state index in [0.717, 1.165) is 38.5 Å². The topological polar surface area (TPSA) is 59.1 Å². The van der Waals surface area contributed by atoms with E-state index in [4.69, 9.17) is 9.47 Å². The molecule has 0 atom stereocenters. The van der Waals surface area contributed by atoms with Crippen molar-refractivity contribution >= 4 is 11.8 Å². The molecule has 35 heavy (non-hydrogen) atoms. The molecular weight excluding hydrogens is 440 g/mol. The molecule has 0 N–H and O–H groups in total. The number of carbonyl (C=O) groups is 2. The van der Waals surface area contributed by atoms with Crippen molar-refractivity contribution in [1.29, 1.82) is 0 Å². The zero-order valence-corrected chi connectivity index (χ0v) is 21.6. The van der Waals surface area contributed by atoms with Crippen LogP contribution in [0.1, 0.15) is 96.3 Å². The number of likely N-dealkylation sites (N-methyl/N-ethyl adjacent to an activating group) is 1. The van der Waals surface area contributed by atoms with Gasteiger partial charge in [-0.15, -0.1) is 0 Å². The molecule has 0 aliphatic heterocycles. The summed E-state index contributed by atoms with van der Waals surface area (Å²) in [6.45, 7) is 0.000882. The second-order valence-electron chi connectivity index (χ2n) is 10.7. The lowest BCUT2D eigenvalue weighted by Crippen LogP contribution is -2.50. The highest BCUT2D eigenvalue weighted by Crippen LogP contribution is 2.31. The zero-order valence-electron chi connectivity index (χ0n) is 21.6. The van der Waals surface area contributed by atoms with Crippen LogP contribution < -0.4 is 9.47 Å². The first-order valence-electron chi connectivity index (χ1n) is 14.0. The summed E-state index contributed by atoms with van der Waals surface area (Å²) < 4.78 is 11.9. The van der Waals surface area contributed by atoms with Crippen LogP contribution in [0.4, 0.5) is 0 Å². The van der Waals surface area contributed by atoms with Gasteiger partial charge in [0.15, 0.2) is 24.7 Å². The molecule has 0 radical (unpaired) electrons. The molecule has 0 aromatic heterocycles. The average molecular weight is 485 g/mol. The molecule has 0 unspecified atom stereocenters. The number of rotatable bonds is 9. The van der Waals surface area contributed by atoms with Crippen molar-refractivity contribution in [3.8, 4) is 11.5 Å². The molecule has 1 aromatic rings. The van der Waals surface area contributed by atoms with E-state index in [1.54, 1.807) is 0 Å².